The van der Waals surface area contributed by atoms with Crippen LogP contribution >= 0.6 is 0 Å². The monoisotopic (exact) mass is 393 g/mol. The lowest BCUT2D eigenvalue weighted by Crippen LogP contribution is -2.20. The Bertz CT molecular complexity index is 1330. The highest BCUT2D eigenvalue weighted by atomic mass is 15.2. The number of benzene rings is 1. The molecule has 0 saturated heterocycles. The summed E-state index contributed by atoms with van der Waals surface area (Å²) in [6.45, 7) is 4.33. The summed E-state index contributed by atoms with van der Waals surface area (Å²) in [4.78, 5) is 16.8. The molecule has 5 aromatic rings. The normalized spacial score (nSPS) is 11.8. The summed E-state index contributed by atoms with van der Waals surface area (Å²) in [5.41, 5.74) is 6.51. The average Bonchev–Trinajstić information content (AvgIpc) is 3.40. The zero-order chi connectivity index (χ0) is 20.7. The predicted molar refractivity (Wildman–Crippen MR) is 117 cm³/mol. The minimum absolute atomic E-state index is 0.263. The number of hydrogen-bond donors (Lipinski definition) is 1. The highest BCUT2D eigenvalue weighted by Gasteiger charge is 2.25. The van der Waals surface area contributed by atoms with Gasteiger partial charge in [0.2, 0.25) is 0 Å². The molecule has 0 atom stereocenters. The molecule has 0 bridgehead atoms. The van der Waals surface area contributed by atoms with Gasteiger partial charge in [-0.25, -0.2) is 15.0 Å². The molecule has 0 fully saturated rings. The Morgan fingerprint density at radius 1 is 1.00 bits per heavy atom. The van der Waals surface area contributed by atoms with Gasteiger partial charge in [0.25, 0.3) is 0 Å². The highest BCUT2D eigenvalue weighted by Crippen LogP contribution is 2.34. The van der Waals surface area contributed by atoms with Gasteiger partial charge in [-0.2, -0.15) is 5.10 Å². The first-order valence-electron chi connectivity index (χ1n) is 9.80. The van der Waals surface area contributed by atoms with Crippen LogP contribution in [0.15, 0.2) is 67.3 Å². The molecule has 0 amide bonds. The first-order valence-corrected chi connectivity index (χ1v) is 9.80. The third kappa shape index (κ3) is 3.06. The number of fused-ring (bicyclic) bond motifs is 1. The van der Waals surface area contributed by atoms with Crippen LogP contribution in [0.25, 0.3) is 33.4 Å². The zero-order valence-electron chi connectivity index (χ0n) is 17.1. The third-order valence-corrected chi connectivity index (χ3v) is 5.60. The topological polar surface area (TPSA) is 72.3 Å². The van der Waals surface area contributed by atoms with Crippen molar-refractivity contribution in [1.82, 2.24) is 29.7 Å². The third-order valence-electron chi connectivity index (χ3n) is 5.60. The average molecular weight is 393 g/mol. The standard InChI is InChI=1S/C24H21N6/c1-24(2,18-7-5-4-6-8-18)22-10-21(27-15-28-22)20-13-26-23-19(20)9-16(11-25-23)17-12-29-30(3)14-17/h4-14H,1-3H3,(H,25,26). The molecule has 0 unspecified atom stereocenters. The summed E-state index contributed by atoms with van der Waals surface area (Å²) >= 11 is 0. The number of rotatable bonds is 4. The van der Waals surface area contributed by atoms with Crippen LogP contribution < -0.4 is 0 Å². The molecular formula is C24H21N6. The fraction of sp³-hybridized carbons (Fsp3) is 0.167. The van der Waals surface area contributed by atoms with Crippen LogP contribution in [-0.4, -0.2) is 29.7 Å². The van der Waals surface area contributed by atoms with Crippen molar-refractivity contribution in [3.63, 3.8) is 0 Å². The van der Waals surface area contributed by atoms with E-state index >= 15 is 0 Å². The smallest absolute Gasteiger partial charge is 0.198 e. The summed E-state index contributed by atoms with van der Waals surface area (Å²) in [6.07, 6.45) is 10.5. The van der Waals surface area contributed by atoms with Gasteiger partial charge in [0, 0.05) is 53.1 Å². The van der Waals surface area contributed by atoms with Gasteiger partial charge in [0.1, 0.15) is 5.65 Å². The van der Waals surface area contributed by atoms with Crippen molar-refractivity contribution in [1.29, 1.82) is 0 Å². The van der Waals surface area contributed by atoms with Gasteiger partial charge < -0.3 is 4.98 Å². The van der Waals surface area contributed by atoms with Crippen molar-refractivity contribution in [2.24, 2.45) is 7.05 Å². The maximum atomic E-state index is 4.59. The quantitative estimate of drug-likeness (QED) is 0.486. The number of aryl methyl sites for hydroxylation is 1. The number of nitrogens with zero attached hydrogens (tertiary/aromatic N) is 5. The molecular weight excluding hydrogens is 372 g/mol. The molecule has 0 aliphatic heterocycles. The van der Waals surface area contributed by atoms with E-state index in [0.29, 0.717) is 0 Å². The van der Waals surface area contributed by atoms with E-state index in [1.165, 1.54) is 5.56 Å². The predicted octanol–water partition coefficient (Wildman–Crippen LogP) is 4.55. The molecule has 5 rings (SSSR count). The number of pyridine rings is 1. The SMILES string of the molecule is Cn1cc(-c2cnc3[nH]cc(-c4cc(C(C)(C)c5ccccc5)n[c]n4)c3c2)cn1. The van der Waals surface area contributed by atoms with Crippen molar-refractivity contribution in [2.45, 2.75) is 19.3 Å². The van der Waals surface area contributed by atoms with E-state index in [4.69, 9.17) is 0 Å². The first-order chi connectivity index (χ1) is 14.5. The second-order valence-corrected chi connectivity index (χ2v) is 7.95. The van der Waals surface area contributed by atoms with Gasteiger partial charge in [-0.1, -0.05) is 44.2 Å². The fourth-order valence-corrected chi connectivity index (χ4v) is 3.73. The van der Waals surface area contributed by atoms with Gasteiger partial charge in [0.05, 0.1) is 17.6 Å². The second kappa shape index (κ2) is 6.91. The lowest BCUT2D eigenvalue weighted by atomic mass is 9.81. The fourth-order valence-electron chi connectivity index (χ4n) is 3.73. The molecule has 4 aromatic heterocycles. The van der Waals surface area contributed by atoms with E-state index < -0.39 is 0 Å². The van der Waals surface area contributed by atoms with E-state index in [0.717, 1.165) is 39.1 Å². The van der Waals surface area contributed by atoms with Crippen LogP contribution in [0.1, 0.15) is 25.1 Å². The van der Waals surface area contributed by atoms with E-state index in [-0.39, 0.29) is 5.41 Å². The molecule has 1 radical (unpaired) electrons. The lowest BCUT2D eigenvalue weighted by Gasteiger charge is -2.24. The molecule has 0 aliphatic rings. The zero-order valence-corrected chi connectivity index (χ0v) is 17.1. The second-order valence-electron chi connectivity index (χ2n) is 7.95. The number of nitrogens with one attached hydrogen (secondary N) is 1. The minimum atomic E-state index is -0.263. The van der Waals surface area contributed by atoms with E-state index in [2.05, 4.69) is 63.4 Å². The number of aromatic amines is 1. The Labute approximate surface area is 174 Å². The summed E-state index contributed by atoms with van der Waals surface area (Å²) < 4.78 is 1.79. The molecule has 0 saturated carbocycles. The highest BCUT2D eigenvalue weighted by molar-refractivity contribution is 5.94. The molecule has 1 aromatic carbocycles. The molecule has 30 heavy (non-hydrogen) atoms. The van der Waals surface area contributed by atoms with Crippen LogP contribution in [0.2, 0.25) is 0 Å². The van der Waals surface area contributed by atoms with Crippen LogP contribution in [-0.2, 0) is 12.5 Å². The first kappa shape index (κ1) is 18.2. The van der Waals surface area contributed by atoms with Gasteiger partial charge in [0.15, 0.2) is 6.33 Å². The molecule has 6 heteroatoms. The van der Waals surface area contributed by atoms with E-state index in [1.807, 2.05) is 56.1 Å². The Hall–Kier alpha value is -3.80. The largest absolute Gasteiger partial charge is 0.345 e. The summed E-state index contributed by atoms with van der Waals surface area (Å²) in [7, 11) is 1.91. The molecule has 6 nitrogen and oxygen atoms in total. The number of aromatic nitrogens is 6. The Kier molecular flexibility index (Phi) is 4.20. The number of hydrogen-bond acceptors (Lipinski definition) is 4. The molecule has 0 aliphatic carbocycles. The minimum Gasteiger partial charge on any atom is -0.345 e. The Morgan fingerprint density at radius 2 is 1.83 bits per heavy atom. The van der Waals surface area contributed by atoms with E-state index in [1.54, 1.807) is 4.68 Å². The van der Waals surface area contributed by atoms with Gasteiger partial charge in [-0.15, -0.1) is 0 Å². The lowest BCUT2D eigenvalue weighted by molar-refractivity contribution is 0.614. The Balaban J connectivity index is 1.60. The van der Waals surface area contributed by atoms with Crippen molar-refractivity contribution in [2.75, 3.05) is 0 Å². The molecule has 1 N–H and O–H groups in total. The van der Waals surface area contributed by atoms with Gasteiger partial charge >= 0.3 is 0 Å². The maximum Gasteiger partial charge on any atom is 0.198 e. The molecule has 0 spiro atoms. The van der Waals surface area contributed by atoms with Crippen molar-refractivity contribution >= 4 is 11.0 Å². The van der Waals surface area contributed by atoms with Crippen molar-refractivity contribution < 1.29 is 0 Å². The van der Waals surface area contributed by atoms with Crippen LogP contribution in [0, 0.1) is 6.33 Å². The summed E-state index contributed by atoms with van der Waals surface area (Å²) in [5, 5.41) is 5.27. The van der Waals surface area contributed by atoms with Crippen LogP contribution in [0.5, 0.6) is 0 Å². The number of H-pyrrole nitrogens is 1. The summed E-state index contributed by atoms with van der Waals surface area (Å²) in [6, 6.07) is 14.5. The maximum absolute atomic E-state index is 4.59. The van der Waals surface area contributed by atoms with Crippen molar-refractivity contribution in [3.8, 4) is 22.4 Å². The molecule has 4 heterocycles. The van der Waals surface area contributed by atoms with Crippen LogP contribution in [0.3, 0.4) is 0 Å². The van der Waals surface area contributed by atoms with Gasteiger partial charge in [-0.05, 0) is 17.7 Å². The van der Waals surface area contributed by atoms with Crippen LogP contribution in [0.4, 0.5) is 0 Å². The Morgan fingerprint density at radius 3 is 2.60 bits per heavy atom. The van der Waals surface area contributed by atoms with Crippen molar-refractivity contribution in [3.05, 3.63) is 84.8 Å². The van der Waals surface area contributed by atoms with E-state index in [9.17, 15) is 0 Å². The summed E-state index contributed by atoms with van der Waals surface area (Å²) in [5.74, 6) is 0. The van der Waals surface area contributed by atoms with Gasteiger partial charge in [-0.3, -0.25) is 4.68 Å². The molecule has 147 valence electrons.